The summed E-state index contributed by atoms with van der Waals surface area (Å²) < 4.78 is 63.9. The molecule has 0 saturated carbocycles. The molecule has 1 amide bonds. The number of sulfone groups is 1. The summed E-state index contributed by atoms with van der Waals surface area (Å²) in [5.74, 6) is -0.758. The summed E-state index contributed by atoms with van der Waals surface area (Å²) >= 11 is 6.81. The van der Waals surface area contributed by atoms with Gasteiger partial charge < -0.3 is 4.90 Å². The Labute approximate surface area is 170 Å². The van der Waals surface area contributed by atoms with Crippen LogP contribution >= 0.6 is 23.4 Å². The van der Waals surface area contributed by atoms with Crippen LogP contribution in [0.5, 0.6) is 0 Å². The van der Waals surface area contributed by atoms with Gasteiger partial charge in [-0.25, -0.2) is 8.42 Å². The number of hydrogen-bond donors (Lipinski definition) is 0. The van der Waals surface area contributed by atoms with Crippen molar-refractivity contribution >= 4 is 50.0 Å². The number of anilines is 1. The highest BCUT2D eigenvalue weighted by atomic mass is 35.5. The number of halogens is 4. The first-order chi connectivity index (χ1) is 12.7. The number of carbonyl (C=O) groups excluding carboxylic acids is 1. The predicted molar refractivity (Wildman–Crippen MR) is 105 cm³/mol. The van der Waals surface area contributed by atoms with Crippen LogP contribution in [0.3, 0.4) is 0 Å². The number of amidine groups is 1. The molecule has 11 heteroatoms. The van der Waals surface area contributed by atoms with Crippen molar-refractivity contribution in [2.45, 2.75) is 38.2 Å². The maximum atomic E-state index is 13.3. The zero-order valence-corrected chi connectivity index (χ0v) is 17.6. The van der Waals surface area contributed by atoms with Gasteiger partial charge in [-0.1, -0.05) is 44.1 Å². The first-order valence-corrected chi connectivity index (χ1v) is 11.4. The maximum absolute atomic E-state index is 13.3. The van der Waals surface area contributed by atoms with Crippen molar-refractivity contribution in [2.75, 3.05) is 16.4 Å². The number of carbonyl (C=O) groups is 1. The molecular weight excluding hydrogens is 437 g/mol. The summed E-state index contributed by atoms with van der Waals surface area (Å²) in [7, 11) is -3.32. The van der Waals surface area contributed by atoms with Crippen molar-refractivity contribution in [3.63, 3.8) is 0 Å². The molecule has 2 heterocycles. The van der Waals surface area contributed by atoms with Crippen molar-refractivity contribution in [2.24, 2.45) is 10.4 Å². The third-order valence-corrected chi connectivity index (χ3v) is 7.98. The van der Waals surface area contributed by atoms with E-state index in [0.717, 1.165) is 23.9 Å². The van der Waals surface area contributed by atoms with Crippen molar-refractivity contribution in [3.8, 4) is 0 Å². The van der Waals surface area contributed by atoms with Gasteiger partial charge in [-0.3, -0.25) is 4.79 Å². The number of hydrogen-bond acceptors (Lipinski definition) is 4. The highest BCUT2D eigenvalue weighted by Gasteiger charge is 2.50. The van der Waals surface area contributed by atoms with E-state index in [0.29, 0.717) is 0 Å². The molecule has 0 aliphatic carbocycles. The molecule has 2 fully saturated rings. The van der Waals surface area contributed by atoms with Gasteiger partial charge in [0.1, 0.15) is 0 Å². The fourth-order valence-corrected chi connectivity index (χ4v) is 7.14. The number of alkyl halides is 3. The quantitative estimate of drug-likeness (QED) is 0.641. The van der Waals surface area contributed by atoms with Gasteiger partial charge in [0.15, 0.2) is 15.0 Å². The number of benzene rings is 1. The second kappa shape index (κ2) is 6.91. The Morgan fingerprint density at radius 2 is 1.89 bits per heavy atom. The second-order valence-electron chi connectivity index (χ2n) is 7.78. The Bertz CT molecular complexity index is 955. The number of rotatable bonds is 1. The summed E-state index contributed by atoms with van der Waals surface area (Å²) in [6, 6.07) is 2.77. The van der Waals surface area contributed by atoms with Gasteiger partial charge >= 0.3 is 6.18 Å². The van der Waals surface area contributed by atoms with Crippen LogP contribution < -0.4 is 4.90 Å². The highest BCUT2D eigenvalue weighted by molar-refractivity contribution is 8.16. The first-order valence-electron chi connectivity index (χ1n) is 8.35. The van der Waals surface area contributed by atoms with Gasteiger partial charge in [0.05, 0.1) is 28.1 Å². The third kappa shape index (κ3) is 4.18. The van der Waals surface area contributed by atoms with Crippen molar-refractivity contribution in [3.05, 3.63) is 28.8 Å². The zero-order valence-electron chi connectivity index (χ0n) is 15.2. The van der Waals surface area contributed by atoms with E-state index in [2.05, 4.69) is 4.99 Å². The second-order valence-corrected chi connectivity index (χ2v) is 11.5. The van der Waals surface area contributed by atoms with Crippen LogP contribution in [0, 0.1) is 5.41 Å². The molecule has 2 aliphatic heterocycles. The molecule has 5 nitrogen and oxygen atoms in total. The molecule has 3 rings (SSSR count). The van der Waals surface area contributed by atoms with Gasteiger partial charge in [-0.05, 0) is 18.2 Å². The molecule has 2 saturated heterocycles. The lowest BCUT2D eigenvalue weighted by atomic mass is 9.96. The summed E-state index contributed by atoms with van der Waals surface area (Å²) in [6.07, 6.45) is -4.67. The van der Waals surface area contributed by atoms with E-state index in [-0.39, 0.29) is 22.4 Å². The van der Waals surface area contributed by atoms with Gasteiger partial charge in [0.25, 0.3) is 5.91 Å². The topological polar surface area (TPSA) is 66.8 Å². The SMILES string of the molecule is CC(C)(C)C(=O)N=C1S[C@H]2CS(=O)(=O)C[C@H]2N1c1ccc(Cl)c(C(F)(F)F)c1. The van der Waals surface area contributed by atoms with E-state index >= 15 is 0 Å². The third-order valence-electron chi connectivity index (χ3n) is 4.44. The minimum atomic E-state index is -4.67. The molecule has 0 bridgehead atoms. The van der Waals surface area contributed by atoms with Crippen molar-refractivity contribution in [1.29, 1.82) is 0 Å². The minimum Gasteiger partial charge on any atom is -0.316 e. The molecule has 0 radical (unpaired) electrons. The minimum absolute atomic E-state index is 0.106. The molecule has 154 valence electrons. The van der Waals surface area contributed by atoms with E-state index in [1.165, 1.54) is 11.0 Å². The van der Waals surface area contributed by atoms with E-state index in [1.54, 1.807) is 20.8 Å². The Morgan fingerprint density at radius 3 is 2.46 bits per heavy atom. The lowest BCUT2D eigenvalue weighted by Gasteiger charge is -2.26. The van der Waals surface area contributed by atoms with Crippen LogP contribution in [-0.2, 0) is 20.8 Å². The normalized spacial score (nSPS) is 26.0. The summed E-state index contributed by atoms with van der Waals surface area (Å²) in [4.78, 5) is 17.9. The van der Waals surface area contributed by atoms with Gasteiger partial charge in [-0.15, -0.1) is 0 Å². The summed E-state index contributed by atoms with van der Waals surface area (Å²) in [6.45, 7) is 5.04. The number of nitrogens with zero attached hydrogens (tertiary/aromatic N) is 2. The number of aliphatic imine (C=N–C) groups is 1. The molecule has 2 atom stereocenters. The van der Waals surface area contributed by atoms with E-state index in [9.17, 15) is 26.4 Å². The van der Waals surface area contributed by atoms with Crippen LogP contribution in [0.2, 0.25) is 5.02 Å². The van der Waals surface area contributed by atoms with Crippen molar-refractivity contribution < 1.29 is 26.4 Å². The van der Waals surface area contributed by atoms with Crippen LogP contribution in [-0.4, -0.2) is 42.3 Å². The average molecular weight is 455 g/mol. The van der Waals surface area contributed by atoms with Crippen molar-refractivity contribution in [1.82, 2.24) is 0 Å². The first kappa shape index (κ1) is 21.4. The maximum Gasteiger partial charge on any atom is 0.417 e. The highest BCUT2D eigenvalue weighted by Crippen LogP contribution is 2.44. The van der Waals surface area contributed by atoms with E-state index in [4.69, 9.17) is 11.6 Å². The molecule has 0 unspecified atom stereocenters. The molecule has 28 heavy (non-hydrogen) atoms. The molecular formula is C17H18ClF3N2O3S2. The van der Waals surface area contributed by atoms with Crippen LogP contribution in [0.15, 0.2) is 23.2 Å². The standard InChI is InChI=1S/C17H18ClF3N2O3S2/c1-16(2,3)14(24)22-15-23(12-7-28(25,26)8-13(12)27-15)9-4-5-11(18)10(6-9)17(19,20)21/h4-6,12-13H,7-8H2,1-3H3/t12-,13+/m1/s1. The Kier molecular flexibility index (Phi) is 5.30. The molecule has 1 aromatic rings. The Hall–Kier alpha value is -1.26. The Morgan fingerprint density at radius 1 is 1.25 bits per heavy atom. The average Bonchev–Trinajstić information content (AvgIpc) is 2.97. The fraction of sp³-hybridized carbons (Fsp3) is 0.529. The van der Waals surface area contributed by atoms with Crippen LogP contribution in [0.4, 0.5) is 18.9 Å². The summed E-state index contributed by atoms with van der Waals surface area (Å²) in [5, 5.41) is -0.648. The fourth-order valence-electron chi connectivity index (χ4n) is 3.00. The summed E-state index contributed by atoms with van der Waals surface area (Å²) in [5.41, 5.74) is -1.70. The number of thioether (sulfide) groups is 1. The molecule has 2 aliphatic rings. The number of amides is 1. The lowest BCUT2D eigenvalue weighted by molar-refractivity contribution is -0.137. The monoisotopic (exact) mass is 454 g/mol. The molecule has 0 N–H and O–H groups in total. The van der Waals surface area contributed by atoms with Crippen LogP contribution in [0.25, 0.3) is 0 Å². The van der Waals surface area contributed by atoms with Gasteiger partial charge in [0.2, 0.25) is 0 Å². The molecule has 1 aromatic carbocycles. The zero-order chi connectivity index (χ0) is 21.1. The predicted octanol–water partition coefficient (Wildman–Crippen LogP) is 4.01. The molecule has 0 aromatic heterocycles. The Balaban J connectivity index is 2.10. The smallest absolute Gasteiger partial charge is 0.316 e. The van der Waals surface area contributed by atoms with E-state index in [1.807, 2.05) is 0 Å². The molecule has 0 spiro atoms. The van der Waals surface area contributed by atoms with Crippen LogP contribution in [0.1, 0.15) is 26.3 Å². The van der Waals surface area contributed by atoms with Gasteiger partial charge in [-0.2, -0.15) is 18.2 Å². The largest absolute Gasteiger partial charge is 0.417 e. The lowest BCUT2D eigenvalue weighted by Crippen LogP contribution is -2.38. The number of fused-ring (bicyclic) bond motifs is 1. The van der Waals surface area contributed by atoms with E-state index < -0.39 is 49.2 Å². The van der Waals surface area contributed by atoms with Gasteiger partial charge in [0, 0.05) is 16.4 Å².